The summed E-state index contributed by atoms with van der Waals surface area (Å²) in [6, 6.07) is 1.57. The lowest BCUT2D eigenvalue weighted by molar-refractivity contribution is 0.0922. The van der Waals surface area contributed by atoms with Crippen LogP contribution in [0.1, 0.15) is 50.4 Å². The molecule has 1 aromatic rings. The highest BCUT2D eigenvalue weighted by molar-refractivity contribution is 5.95. The molecule has 0 aliphatic heterocycles. The standard InChI is InChI=1S/C16H24FN3O/c1-4-11-6-7-13(10(11)3)20-16(21)12-8-9-19-15(14(12)17)18-5-2/h8-11,13H,4-7H2,1-3H3,(H,18,19)(H,20,21). The van der Waals surface area contributed by atoms with Crippen molar-refractivity contribution in [2.24, 2.45) is 11.8 Å². The number of aromatic nitrogens is 1. The quantitative estimate of drug-likeness (QED) is 0.876. The van der Waals surface area contributed by atoms with Gasteiger partial charge in [-0.2, -0.15) is 0 Å². The lowest BCUT2D eigenvalue weighted by Gasteiger charge is -2.21. The number of rotatable bonds is 5. The van der Waals surface area contributed by atoms with Crippen LogP contribution in [0.15, 0.2) is 12.3 Å². The summed E-state index contributed by atoms with van der Waals surface area (Å²) in [5.74, 6) is 0.306. The Bertz CT molecular complexity index is 506. The second-order valence-electron chi connectivity index (χ2n) is 5.74. The summed E-state index contributed by atoms with van der Waals surface area (Å²) in [6.45, 7) is 6.77. The van der Waals surface area contributed by atoms with Crippen LogP contribution in [0.5, 0.6) is 0 Å². The molecule has 1 heterocycles. The number of halogens is 1. The lowest BCUT2D eigenvalue weighted by Crippen LogP contribution is -2.38. The minimum absolute atomic E-state index is 0.0631. The summed E-state index contributed by atoms with van der Waals surface area (Å²) >= 11 is 0. The first-order valence-electron chi connectivity index (χ1n) is 7.77. The van der Waals surface area contributed by atoms with E-state index < -0.39 is 5.82 Å². The van der Waals surface area contributed by atoms with Crippen molar-refractivity contribution in [2.45, 2.75) is 46.1 Å². The van der Waals surface area contributed by atoms with Crippen LogP contribution in [-0.4, -0.2) is 23.5 Å². The number of nitrogens with zero attached hydrogens (tertiary/aromatic N) is 1. The average molecular weight is 293 g/mol. The summed E-state index contributed by atoms with van der Waals surface area (Å²) in [4.78, 5) is 16.2. The Labute approximate surface area is 125 Å². The van der Waals surface area contributed by atoms with Gasteiger partial charge in [0.1, 0.15) is 0 Å². The van der Waals surface area contributed by atoms with Crippen LogP contribution in [0, 0.1) is 17.7 Å². The molecule has 1 aliphatic carbocycles. The molecule has 1 amide bonds. The van der Waals surface area contributed by atoms with Crippen molar-refractivity contribution in [2.75, 3.05) is 11.9 Å². The zero-order valence-electron chi connectivity index (χ0n) is 12.9. The molecule has 1 fully saturated rings. The first-order valence-corrected chi connectivity index (χ1v) is 7.77. The van der Waals surface area contributed by atoms with Gasteiger partial charge in [-0.25, -0.2) is 9.37 Å². The Morgan fingerprint density at radius 1 is 1.43 bits per heavy atom. The molecule has 2 rings (SSSR count). The molecule has 3 unspecified atom stereocenters. The van der Waals surface area contributed by atoms with E-state index in [0.717, 1.165) is 19.3 Å². The topological polar surface area (TPSA) is 54.0 Å². The van der Waals surface area contributed by atoms with Crippen molar-refractivity contribution < 1.29 is 9.18 Å². The van der Waals surface area contributed by atoms with E-state index in [1.165, 1.54) is 12.3 Å². The number of hydrogen-bond donors (Lipinski definition) is 2. The van der Waals surface area contributed by atoms with Gasteiger partial charge in [0.05, 0.1) is 5.56 Å². The Hall–Kier alpha value is -1.65. The first-order chi connectivity index (χ1) is 10.1. The highest BCUT2D eigenvalue weighted by atomic mass is 19.1. The molecule has 0 saturated heterocycles. The van der Waals surface area contributed by atoms with E-state index in [-0.39, 0.29) is 23.3 Å². The minimum Gasteiger partial charge on any atom is -0.368 e. The predicted molar refractivity (Wildman–Crippen MR) is 81.8 cm³/mol. The van der Waals surface area contributed by atoms with Crippen LogP contribution in [0.2, 0.25) is 0 Å². The number of pyridine rings is 1. The van der Waals surface area contributed by atoms with Crippen molar-refractivity contribution in [3.8, 4) is 0 Å². The Morgan fingerprint density at radius 3 is 2.81 bits per heavy atom. The molecule has 1 aromatic heterocycles. The third-order valence-corrected chi connectivity index (χ3v) is 4.55. The second kappa shape index (κ2) is 6.87. The van der Waals surface area contributed by atoms with Crippen molar-refractivity contribution in [1.82, 2.24) is 10.3 Å². The van der Waals surface area contributed by atoms with E-state index in [0.29, 0.717) is 18.4 Å². The molecule has 0 spiro atoms. The molecule has 1 saturated carbocycles. The predicted octanol–water partition coefficient (Wildman–Crippen LogP) is 3.21. The van der Waals surface area contributed by atoms with Crippen molar-refractivity contribution >= 4 is 11.7 Å². The number of hydrogen-bond acceptors (Lipinski definition) is 3. The highest BCUT2D eigenvalue weighted by Crippen LogP contribution is 2.34. The molecule has 4 nitrogen and oxygen atoms in total. The number of amides is 1. The van der Waals surface area contributed by atoms with E-state index >= 15 is 0 Å². The van der Waals surface area contributed by atoms with Crippen LogP contribution in [0.4, 0.5) is 10.2 Å². The molecule has 1 aliphatic rings. The Morgan fingerprint density at radius 2 is 2.19 bits per heavy atom. The van der Waals surface area contributed by atoms with Gasteiger partial charge in [0, 0.05) is 18.8 Å². The fourth-order valence-electron chi connectivity index (χ4n) is 3.18. The smallest absolute Gasteiger partial charge is 0.254 e. The molecule has 5 heteroatoms. The maximum absolute atomic E-state index is 14.2. The first kappa shape index (κ1) is 15.7. The van der Waals surface area contributed by atoms with Gasteiger partial charge in [0.25, 0.3) is 5.91 Å². The van der Waals surface area contributed by atoms with E-state index in [1.807, 2.05) is 6.92 Å². The van der Waals surface area contributed by atoms with Gasteiger partial charge in [0.15, 0.2) is 11.6 Å². The third kappa shape index (κ3) is 3.34. The third-order valence-electron chi connectivity index (χ3n) is 4.55. The van der Waals surface area contributed by atoms with Gasteiger partial charge in [-0.3, -0.25) is 4.79 Å². The number of carbonyl (C=O) groups is 1. The number of anilines is 1. The van der Waals surface area contributed by atoms with Crippen LogP contribution in [0.25, 0.3) is 0 Å². The normalized spacial score (nSPS) is 24.9. The van der Waals surface area contributed by atoms with Crippen molar-refractivity contribution in [1.29, 1.82) is 0 Å². The van der Waals surface area contributed by atoms with Gasteiger partial charge in [-0.1, -0.05) is 20.3 Å². The monoisotopic (exact) mass is 293 g/mol. The van der Waals surface area contributed by atoms with Gasteiger partial charge in [-0.15, -0.1) is 0 Å². The van der Waals surface area contributed by atoms with Crippen molar-refractivity contribution in [3.63, 3.8) is 0 Å². The second-order valence-corrected chi connectivity index (χ2v) is 5.74. The molecule has 21 heavy (non-hydrogen) atoms. The SMILES string of the molecule is CCNc1nccc(C(=O)NC2CCC(CC)C2C)c1F. The molecule has 116 valence electrons. The largest absolute Gasteiger partial charge is 0.368 e. The minimum atomic E-state index is -0.574. The molecule has 2 N–H and O–H groups in total. The lowest BCUT2D eigenvalue weighted by atomic mass is 9.93. The number of nitrogens with one attached hydrogen (secondary N) is 2. The summed E-state index contributed by atoms with van der Waals surface area (Å²) in [5.41, 5.74) is 0.0631. The van der Waals surface area contributed by atoms with E-state index in [4.69, 9.17) is 0 Å². The number of carbonyl (C=O) groups excluding carboxylic acids is 1. The maximum atomic E-state index is 14.2. The van der Waals surface area contributed by atoms with Crippen LogP contribution >= 0.6 is 0 Å². The maximum Gasteiger partial charge on any atom is 0.254 e. The van der Waals surface area contributed by atoms with Crippen LogP contribution < -0.4 is 10.6 Å². The zero-order chi connectivity index (χ0) is 15.4. The average Bonchev–Trinajstić information content (AvgIpc) is 2.82. The van der Waals surface area contributed by atoms with Gasteiger partial charge in [0.2, 0.25) is 0 Å². The Kier molecular flexibility index (Phi) is 5.15. The summed E-state index contributed by atoms with van der Waals surface area (Å²) in [5, 5.41) is 5.81. The van der Waals surface area contributed by atoms with Crippen LogP contribution in [0.3, 0.4) is 0 Å². The fraction of sp³-hybridized carbons (Fsp3) is 0.625. The molecular formula is C16H24FN3O. The van der Waals surface area contributed by atoms with Crippen LogP contribution in [-0.2, 0) is 0 Å². The van der Waals surface area contributed by atoms with E-state index in [2.05, 4.69) is 29.5 Å². The summed E-state index contributed by atoms with van der Waals surface area (Å²) in [7, 11) is 0. The van der Waals surface area contributed by atoms with E-state index in [1.54, 1.807) is 0 Å². The fourth-order valence-corrected chi connectivity index (χ4v) is 3.18. The van der Waals surface area contributed by atoms with Gasteiger partial charge >= 0.3 is 0 Å². The molecule has 0 bridgehead atoms. The summed E-state index contributed by atoms with van der Waals surface area (Å²) in [6.07, 6.45) is 4.69. The molecule has 3 atom stereocenters. The molecule has 0 aromatic carbocycles. The van der Waals surface area contributed by atoms with E-state index in [9.17, 15) is 9.18 Å². The molecule has 0 radical (unpaired) electrons. The Balaban J connectivity index is 2.09. The summed E-state index contributed by atoms with van der Waals surface area (Å²) < 4.78 is 14.2. The van der Waals surface area contributed by atoms with Gasteiger partial charge in [-0.05, 0) is 37.7 Å². The van der Waals surface area contributed by atoms with Gasteiger partial charge < -0.3 is 10.6 Å². The highest BCUT2D eigenvalue weighted by Gasteiger charge is 2.33. The van der Waals surface area contributed by atoms with Crippen molar-refractivity contribution in [3.05, 3.63) is 23.6 Å². The zero-order valence-corrected chi connectivity index (χ0v) is 12.9. The molecular weight excluding hydrogens is 269 g/mol.